The van der Waals surface area contributed by atoms with E-state index in [-0.39, 0.29) is 5.91 Å². The van der Waals surface area contributed by atoms with E-state index in [2.05, 4.69) is 20.2 Å². The zero-order valence-corrected chi connectivity index (χ0v) is 14.6. The molecule has 1 N–H and O–H groups in total. The largest absolute Gasteiger partial charge is 0.355 e. The van der Waals surface area contributed by atoms with Gasteiger partial charge in [0.05, 0.1) is 12.4 Å². The lowest BCUT2D eigenvalue weighted by atomic mass is 10.1. The second kappa shape index (κ2) is 7.81. The van der Waals surface area contributed by atoms with Crippen LogP contribution in [0.1, 0.15) is 28.9 Å². The second-order valence-electron chi connectivity index (χ2n) is 5.70. The van der Waals surface area contributed by atoms with Crippen molar-refractivity contribution >= 4 is 34.9 Å². The quantitative estimate of drug-likeness (QED) is 0.883. The summed E-state index contributed by atoms with van der Waals surface area (Å²) in [5.74, 6) is 0.595. The minimum atomic E-state index is -0.236. The van der Waals surface area contributed by atoms with E-state index in [1.807, 2.05) is 6.07 Å². The summed E-state index contributed by atoms with van der Waals surface area (Å²) in [6.07, 6.45) is 6.17. The number of halogens is 2. The summed E-state index contributed by atoms with van der Waals surface area (Å²) in [6, 6.07) is 5.34. The van der Waals surface area contributed by atoms with Gasteiger partial charge in [0.2, 0.25) is 0 Å². The highest BCUT2D eigenvalue weighted by Gasteiger charge is 2.15. The molecule has 1 aromatic heterocycles. The molecule has 0 bridgehead atoms. The van der Waals surface area contributed by atoms with Crippen LogP contribution in [-0.4, -0.2) is 35.5 Å². The number of nitrogens with zero attached hydrogens (tertiary/aromatic N) is 3. The molecule has 0 saturated carbocycles. The highest BCUT2D eigenvalue weighted by molar-refractivity contribution is 6.35. The standard InChI is InChI=1S/C17H18Cl2N4O/c18-13-4-3-12(14(19)9-13)5-6-20-17(24)15-10-22-16(11-21-15)23-7-1-2-8-23/h3-4,9-11H,1-2,5-8H2,(H,20,24). The van der Waals surface area contributed by atoms with E-state index in [0.29, 0.717) is 28.7 Å². The number of benzene rings is 1. The van der Waals surface area contributed by atoms with E-state index in [9.17, 15) is 4.79 Å². The van der Waals surface area contributed by atoms with Crippen LogP contribution in [0.4, 0.5) is 5.82 Å². The first kappa shape index (κ1) is 17.0. The van der Waals surface area contributed by atoms with Gasteiger partial charge >= 0.3 is 0 Å². The molecule has 0 spiro atoms. The van der Waals surface area contributed by atoms with Gasteiger partial charge in [0.15, 0.2) is 0 Å². The Balaban J connectivity index is 1.53. The zero-order chi connectivity index (χ0) is 16.9. The molecule has 0 unspecified atom stereocenters. The van der Waals surface area contributed by atoms with Gasteiger partial charge < -0.3 is 10.2 Å². The Morgan fingerprint density at radius 1 is 1.17 bits per heavy atom. The van der Waals surface area contributed by atoms with Crippen LogP contribution in [0.3, 0.4) is 0 Å². The fourth-order valence-corrected chi connectivity index (χ4v) is 3.18. The molecule has 1 aromatic carbocycles. The van der Waals surface area contributed by atoms with E-state index in [1.54, 1.807) is 18.3 Å². The van der Waals surface area contributed by atoms with Crippen LogP contribution in [0.15, 0.2) is 30.6 Å². The van der Waals surface area contributed by atoms with E-state index >= 15 is 0 Å². The fraction of sp³-hybridized carbons (Fsp3) is 0.353. The summed E-state index contributed by atoms with van der Waals surface area (Å²) < 4.78 is 0. The second-order valence-corrected chi connectivity index (χ2v) is 6.54. The van der Waals surface area contributed by atoms with Crippen molar-refractivity contribution in [1.29, 1.82) is 0 Å². The van der Waals surface area contributed by atoms with Gasteiger partial charge in [0, 0.05) is 29.7 Å². The summed E-state index contributed by atoms with van der Waals surface area (Å²) in [7, 11) is 0. The molecule has 1 amide bonds. The molecule has 24 heavy (non-hydrogen) atoms. The van der Waals surface area contributed by atoms with Gasteiger partial charge in [-0.15, -0.1) is 0 Å². The summed E-state index contributed by atoms with van der Waals surface area (Å²) >= 11 is 12.0. The van der Waals surface area contributed by atoms with Crippen molar-refractivity contribution in [3.8, 4) is 0 Å². The number of hydrogen-bond acceptors (Lipinski definition) is 4. The van der Waals surface area contributed by atoms with Gasteiger partial charge in [-0.25, -0.2) is 9.97 Å². The Bertz CT molecular complexity index is 715. The number of nitrogens with one attached hydrogen (secondary N) is 1. The average molecular weight is 365 g/mol. The zero-order valence-electron chi connectivity index (χ0n) is 13.1. The molecule has 126 valence electrons. The third-order valence-electron chi connectivity index (χ3n) is 4.00. The third kappa shape index (κ3) is 4.16. The maximum atomic E-state index is 12.1. The number of anilines is 1. The number of carbonyl (C=O) groups is 1. The predicted molar refractivity (Wildman–Crippen MR) is 96.0 cm³/mol. The van der Waals surface area contributed by atoms with Crippen LogP contribution in [0.2, 0.25) is 10.0 Å². The van der Waals surface area contributed by atoms with Crippen LogP contribution in [0.5, 0.6) is 0 Å². The minimum absolute atomic E-state index is 0.236. The lowest BCUT2D eigenvalue weighted by Gasteiger charge is -2.15. The van der Waals surface area contributed by atoms with Gasteiger partial charge in [-0.2, -0.15) is 0 Å². The van der Waals surface area contributed by atoms with Crippen molar-refractivity contribution < 1.29 is 4.79 Å². The Morgan fingerprint density at radius 3 is 2.62 bits per heavy atom. The Kier molecular flexibility index (Phi) is 5.53. The average Bonchev–Trinajstić information content (AvgIpc) is 3.11. The van der Waals surface area contributed by atoms with Gasteiger partial charge in [-0.3, -0.25) is 4.79 Å². The van der Waals surface area contributed by atoms with Gasteiger partial charge in [-0.05, 0) is 37.0 Å². The van der Waals surface area contributed by atoms with Crippen molar-refractivity contribution in [3.63, 3.8) is 0 Å². The van der Waals surface area contributed by atoms with Crippen LogP contribution in [0.25, 0.3) is 0 Å². The first-order valence-electron chi connectivity index (χ1n) is 7.92. The number of carbonyl (C=O) groups excluding carboxylic acids is 1. The molecule has 1 saturated heterocycles. The fourth-order valence-electron chi connectivity index (χ4n) is 2.67. The first-order chi connectivity index (χ1) is 11.6. The molecular weight excluding hydrogens is 347 g/mol. The lowest BCUT2D eigenvalue weighted by Crippen LogP contribution is -2.27. The first-order valence-corrected chi connectivity index (χ1v) is 8.68. The summed E-state index contributed by atoms with van der Waals surface area (Å²) in [4.78, 5) is 22.9. The maximum Gasteiger partial charge on any atom is 0.271 e. The Hall–Kier alpha value is -1.85. The normalized spacial score (nSPS) is 14.0. The van der Waals surface area contributed by atoms with Crippen LogP contribution >= 0.6 is 23.2 Å². The molecule has 1 fully saturated rings. The number of amides is 1. The van der Waals surface area contributed by atoms with Crippen LogP contribution in [0, 0.1) is 0 Å². The van der Waals surface area contributed by atoms with Crippen molar-refractivity contribution in [2.45, 2.75) is 19.3 Å². The number of rotatable bonds is 5. The van der Waals surface area contributed by atoms with Gasteiger partial charge in [0.1, 0.15) is 11.5 Å². The molecule has 1 aliphatic rings. The molecule has 0 radical (unpaired) electrons. The third-order valence-corrected chi connectivity index (χ3v) is 4.58. The summed E-state index contributed by atoms with van der Waals surface area (Å²) in [5, 5.41) is 4.03. The van der Waals surface area contributed by atoms with Crippen LogP contribution < -0.4 is 10.2 Å². The molecule has 5 nitrogen and oxygen atoms in total. The maximum absolute atomic E-state index is 12.1. The number of aromatic nitrogens is 2. The van der Waals surface area contributed by atoms with Crippen molar-refractivity contribution in [2.75, 3.05) is 24.5 Å². The number of hydrogen-bond donors (Lipinski definition) is 1. The molecule has 3 rings (SSSR count). The molecule has 0 atom stereocenters. The summed E-state index contributed by atoms with van der Waals surface area (Å²) in [6.45, 7) is 2.47. The van der Waals surface area contributed by atoms with E-state index in [1.165, 1.54) is 19.0 Å². The molecular formula is C17H18Cl2N4O. The smallest absolute Gasteiger partial charge is 0.271 e. The van der Waals surface area contributed by atoms with Gasteiger partial charge in [0.25, 0.3) is 5.91 Å². The van der Waals surface area contributed by atoms with E-state index < -0.39 is 0 Å². The molecule has 2 heterocycles. The Labute approximate surface area is 151 Å². The molecule has 1 aliphatic heterocycles. The SMILES string of the molecule is O=C(NCCc1ccc(Cl)cc1Cl)c1cnc(N2CCCC2)cn1. The predicted octanol–water partition coefficient (Wildman–Crippen LogP) is 3.36. The highest BCUT2D eigenvalue weighted by Crippen LogP contribution is 2.21. The van der Waals surface area contributed by atoms with Crippen molar-refractivity contribution in [1.82, 2.24) is 15.3 Å². The van der Waals surface area contributed by atoms with Gasteiger partial charge in [-0.1, -0.05) is 29.3 Å². The molecule has 2 aromatic rings. The monoisotopic (exact) mass is 364 g/mol. The lowest BCUT2D eigenvalue weighted by molar-refractivity contribution is 0.0949. The highest BCUT2D eigenvalue weighted by atomic mass is 35.5. The topological polar surface area (TPSA) is 58.1 Å². The van der Waals surface area contributed by atoms with Crippen molar-refractivity contribution in [2.24, 2.45) is 0 Å². The minimum Gasteiger partial charge on any atom is -0.355 e. The van der Waals surface area contributed by atoms with E-state index in [0.717, 1.165) is 24.5 Å². The summed E-state index contributed by atoms with van der Waals surface area (Å²) in [5.41, 5.74) is 1.26. The Morgan fingerprint density at radius 2 is 1.96 bits per heavy atom. The van der Waals surface area contributed by atoms with Crippen LogP contribution in [-0.2, 0) is 6.42 Å². The van der Waals surface area contributed by atoms with E-state index in [4.69, 9.17) is 23.2 Å². The molecule has 0 aliphatic carbocycles. The molecule has 7 heteroatoms. The van der Waals surface area contributed by atoms with Crippen molar-refractivity contribution in [3.05, 3.63) is 51.9 Å².